The summed E-state index contributed by atoms with van der Waals surface area (Å²) < 4.78 is 16.0. The van der Waals surface area contributed by atoms with Crippen molar-refractivity contribution in [3.05, 3.63) is 41.5 Å². The van der Waals surface area contributed by atoms with Crippen molar-refractivity contribution in [1.82, 2.24) is 10.3 Å². The molecule has 0 spiro atoms. The predicted molar refractivity (Wildman–Crippen MR) is 128 cm³/mol. The molecule has 33 heavy (non-hydrogen) atoms. The van der Waals surface area contributed by atoms with E-state index in [1.165, 1.54) is 0 Å². The second-order valence-electron chi connectivity index (χ2n) is 9.35. The first-order valence-electron chi connectivity index (χ1n) is 11.5. The summed E-state index contributed by atoms with van der Waals surface area (Å²) in [5.41, 5.74) is 0.861. The molecule has 1 aliphatic rings. The van der Waals surface area contributed by atoms with Crippen LogP contribution in [0.4, 0.5) is 4.79 Å². The zero-order chi connectivity index (χ0) is 24.1. The van der Waals surface area contributed by atoms with Crippen LogP contribution in [0.25, 0.3) is 17.0 Å². The van der Waals surface area contributed by atoms with Gasteiger partial charge in [0.2, 0.25) is 5.88 Å². The van der Waals surface area contributed by atoms with Crippen molar-refractivity contribution in [3.63, 3.8) is 0 Å². The van der Waals surface area contributed by atoms with Gasteiger partial charge >= 0.3 is 12.1 Å². The molecule has 1 aromatic heterocycles. The Kier molecular flexibility index (Phi) is 7.61. The third-order valence-electron chi connectivity index (χ3n) is 5.64. The van der Waals surface area contributed by atoms with Crippen molar-refractivity contribution in [3.8, 4) is 5.88 Å². The molecule has 7 nitrogen and oxygen atoms in total. The molecular weight excluding hydrogens is 420 g/mol. The monoisotopic (exact) mass is 454 g/mol. The van der Waals surface area contributed by atoms with Gasteiger partial charge in [0.25, 0.3) is 0 Å². The van der Waals surface area contributed by atoms with Crippen LogP contribution in [-0.4, -0.2) is 41.9 Å². The minimum absolute atomic E-state index is 0.296. The Labute approximate surface area is 195 Å². The largest absolute Gasteiger partial charge is 0.481 e. The molecule has 0 aliphatic heterocycles. The number of nitrogens with one attached hydrogen (secondary N) is 1. The first-order valence-corrected chi connectivity index (χ1v) is 11.5. The number of hydrogen-bond acceptors (Lipinski definition) is 6. The Hall–Kier alpha value is -3.09. The fourth-order valence-corrected chi connectivity index (χ4v) is 4.13. The third-order valence-corrected chi connectivity index (χ3v) is 5.64. The maximum absolute atomic E-state index is 12.6. The molecule has 7 heteroatoms. The van der Waals surface area contributed by atoms with Crippen LogP contribution in [0.5, 0.6) is 5.88 Å². The summed E-state index contributed by atoms with van der Waals surface area (Å²) in [7, 11) is 1.56. The number of esters is 1. The number of fused-ring (bicyclic) bond motifs is 1. The topological polar surface area (TPSA) is 86.8 Å². The lowest BCUT2D eigenvalue weighted by atomic mass is 9.81. The van der Waals surface area contributed by atoms with E-state index in [-0.39, 0.29) is 5.97 Å². The van der Waals surface area contributed by atoms with Crippen LogP contribution in [0.2, 0.25) is 0 Å². The molecule has 0 saturated heterocycles. The van der Waals surface area contributed by atoms with Crippen LogP contribution >= 0.6 is 0 Å². The smallest absolute Gasteiger partial charge is 0.408 e. The third kappa shape index (κ3) is 6.24. The molecule has 1 heterocycles. The quantitative estimate of drug-likeness (QED) is 0.567. The summed E-state index contributed by atoms with van der Waals surface area (Å²) in [4.78, 5) is 29.6. The average molecular weight is 455 g/mol. The molecule has 0 unspecified atom stereocenters. The van der Waals surface area contributed by atoms with E-state index in [1.54, 1.807) is 26.2 Å². The van der Waals surface area contributed by atoms with E-state index in [9.17, 15) is 9.59 Å². The first kappa shape index (κ1) is 24.6. The number of aromatic nitrogens is 1. The van der Waals surface area contributed by atoms with Crippen molar-refractivity contribution < 1.29 is 23.8 Å². The summed E-state index contributed by atoms with van der Waals surface area (Å²) >= 11 is 0. The van der Waals surface area contributed by atoms with Crippen LogP contribution in [0.1, 0.15) is 75.7 Å². The number of amides is 1. The summed E-state index contributed by atoms with van der Waals surface area (Å²) in [5, 5.41) is 3.80. The lowest BCUT2D eigenvalue weighted by molar-refractivity contribution is 0.0456. The van der Waals surface area contributed by atoms with E-state index < -0.39 is 17.2 Å². The summed E-state index contributed by atoms with van der Waals surface area (Å²) in [6.07, 6.45) is 8.43. The molecule has 0 atom stereocenters. The van der Waals surface area contributed by atoms with E-state index in [0.717, 1.165) is 37.7 Å². The van der Waals surface area contributed by atoms with Gasteiger partial charge in [0.1, 0.15) is 5.60 Å². The van der Waals surface area contributed by atoms with Gasteiger partial charge in [0, 0.05) is 17.0 Å². The first-order chi connectivity index (χ1) is 15.7. The standard InChI is InChI=1S/C26H34N2O5/c1-6-32-23(29)20-11-10-18(22-19(20)12-13-21(27-22)31-5)14-17-26(15-8-7-9-16-26)28-24(30)33-25(2,3)4/h10-14,17H,6-9,15-16H2,1-5H3,(H,28,30)/b17-14+. The molecule has 1 fully saturated rings. The van der Waals surface area contributed by atoms with Gasteiger partial charge < -0.3 is 19.5 Å². The number of carbonyl (C=O) groups is 2. The second-order valence-corrected chi connectivity index (χ2v) is 9.35. The Bertz CT molecular complexity index is 1030. The highest BCUT2D eigenvalue weighted by Gasteiger charge is 2.33. The number of nitrogens with zero attached hydrogens (tertiary/aromatic N) is 1. The maximum Gasteiger partial charge on any atom is 0.408 e. The fraction of sp³-hybridized carbons (Fsp3) is 0.500. The van der Waals surface area contributed by atoms with Crippen molar-refractivity contribution >= 4 is 29.0 Å². The van der Waals surface area contributed by atoms with Crippen molar-refractivity contribution in [2.45, 2.75) is 70.9 Å². The van der Waals surface area contributed by atoms with Gasteiger partial charge in [-0.2, -0.15) is 0 Å². The number of rotatable bonds is 6. The summed E-state index contributed by atoms with van der Waals surface area (Å²) in [6.45, 7) is 7.63. The van der Waals surface area contributed by atoms with Gasteiger partial charge in [-0.15, -0.1) is 0 Å². The molecular formula is C26H34N2O5. The van der Waals surface area contributed by atoms with Crippen LogP contribution in [-0.2, 0) is 9.47 Å². The number of pyridine rings is 1. The number of hydrogen-bond donors (Lipinski definition) is 1. The van der Waals surface area contributed by atoms with E-state index in [2.05, 4.69) is 10.3 Å². The molecule has 0 bridgehead atoms. The van der Waals surface area contributed by atoms with Crippen LogP contribution < -0.4 is 10.1 Å². The normalized spacial score (nSPS) is 15.9. The summed E-state index contributed by atoms with van der Waals surface area (Å²) in [6, 6.07) is 7.15. The lowest BCUT2D eigenvalue weighted by Crippen LogP contribution is -2.49. The van der Waals surface area contributed by atoms with Crippen LogP contribution in [0.3, 0.4) is 0 Å². The van der Waals surface area contributed by atoms with E-state index in [4.69, 9.17) is 14.2 Å². The Balaban J connectivity index is 2.00. The highest BCUT2D eigenvalue weighted by molar-refractivity contribution is 6.05. The van der Waals surface area contributed by atoms with E-state index >= 15 is 0 Å². The predicted octanol–water partition coefficient (Wildman–Crippen LogP) is 5.66. The minimum atomic E-state index is -0.566. The summed E-state index contributed by atoms with van der Waals surface area (Å²) in [5.74, 6) is 0.0674. The van der Waals surface area contributed by atoms with Crippen LogP contribution in [0.15, 0.2) is 30.3 Å². The zero-order valence-corrected chi connectivity index (χ0v) is 20.2. The Morgan fingerprint density at radius 1 is 1.12 bits per heavy atom. The molecule has 1 saturated carbocycles. The molecule has 0 radical (unpaired) electrons. The minimum Gasteiger partial charge on any atom is -0.481 e. The molecule has 1 N–H and O–H groups in total. The highest BCUT2D eigenvalue weighted by atomic mass is 16.6. The number of benzene rings is 1. The molecule has 1 amide bonds. The number of ether oxygens (including phenoxy) is 3. The molecule has 2 aromatic rings. The van der Waals surface area contributed by atoms with Crippen LogP contribution in [0, 0.1) is 0 Å². The van der Waals surface area contributed by atoms with Crippen molar-refractivity contribution in [2.24, 2.45) is 0 Å². The Morgan fingerprint density at radius 3 is 2.48 bits per heavy atom. The number of methoxy groups -OCH3 is 1. The molecule has 1 aromatic carbocycles. The van der Waals surface area contributed by atoms with E-state index in [0.29, 0.717) is 29.0 Å². The van der Waals surface area contributed by atoms with Gasteiger partial charge in [-0.3, -0.25) is 0 Å². The van der Waals surface area contributed by atoms with E-state index in [1.807, 2.05) is 45.1 Å². The van der Waals surface area contributed by atoms with Gasteiger partial charge in [-0.1, -0.05) is 37.5 Å². The molecule has 1 aliphatic carbocycles. The second kappa shape index (κ2) is 10.2. The molecule has 178 valence electrons. The van der Waals surface area contributed by atoms with Crippen molar-refractivity contribution in [2.75, 3.05) is 13.7 Å². The fourth-order valence-electron chi connectivity index (χ4n) is 4.13. The van der Waals surface area contributed by atoms with Crippen molar-refractivity contribution in [1.29, 1.82) is 0 Å². The van der Waals surface area contributed by atoms with Gasteiger partial charge in [-0.05, 0) is 52.7 Å². The SMILES string of the molecule is CCOC(=O)c1ccc(/C=C/C2(NC(=O)OC(C)(C)C)CCCCC2)c2nc(OC)ccc12. The number of carbonyl (C=O) groups excluding carboxylic acids is 2. The average Bonchev–Trinajstić information content (AvgIpc) is 2.76. The van der Waals surface area contributed by atoms with Gasteiger partial charge in [0.05, 0.1) is 30.3 Å². The highest BCUT2D eigenvalue weighted by Crippen LogP contribution is 2.32. The maximum atomic E-state index is 12.6. The lowest BCUT2D eigenvalue weighted by Gasteiger charge is -2.36. The molecule has 3 rings (SSSR count). The Morgan fingerprint density at radius 2 is 1.85 bits per heavy atom. The van der Waals surface area contributed by atoms with Gasteiger partial charge in [0.15, 0.2) is 0 Å². The van der Waals surface area contributed by atoms with Gasteiger partial charge in [-0.25, -0.2) is 14.6 Å². The number of alkyl carbamates (subject to hydrolysis) is 1. The zero-order valence-electron chi connectivity index (χ0n) is 20.2.